The molecule has 0 aliphatic carbocycles. The molecule has 0 spiro atoms. The van der Waals surface area contributed by atoms with Crippen molar-refractivity contribution in [2.45, 2.75) is 33.8 Å². The van der Waals surface area contributed by atoms with Gasteiger partial charge in [-0.25, -0.2) is 9.37 Å². The third-order valence-corrected chi connectivity index (χ3v) is 3.68. The van der Waals surface area contributed by atoms with Crippen LogP contribution in [0.3, 0.4) is 0 Å². The number of nitrogens with two attached hydrogens (primary N) is 1. The Hall–Kier alpha value is -3.07. The summed E-state index contributed by atoms with van der Waals surface area (Å²) in [7, 11) is 1.59. The summed E-state index contributed by atoms with van der Waals surface area (Å²) in [4.78, 5) is 18.0. The smallest absolute Gasteiger partial charge is 0.254 e. The number of terminal acetylenes is 1. The van der Waals surface area contributed by atoms with Gasteiger partial charge in [-0.1, -0.05) is 19.8 Å². The van der Waals surface area contributed by atoms with E-state index in [2.05, 4.69) is 10.9 Å². The molecule has 27 heavy (non-hydrogen) atoms. The molecule has 144 valence electrons. The van der Waals surface area contributed by atoms with Gasteiger partial charge in [0.1, 0.15) is 11.9 Å². The molecular formula is C21H26FN3O2. The summed E-state index contributed by atoms with van der Waals surface area (Å²) in [6.45, 7) is 7.73. The van der Waals surface area contributed by atoms with Gasteiger partial charge in [0.2, 0.25) is 0 Å². The highest BCUT2D eigenvalue weighted by molar-refractivity contribution is 5.95. The minimum atomic E-state index is -0.611. The van der Waals surface area contributed by atoms with Crippen LogP contribution >= 0.6 is 0 Å². The van der Waals surface area contributed by atoms with Crippen molar-refractivity contribution in [1.29, 1.82) is 0 Å². The number of anilines is 1. The second-order valence-corrected chi connectivity index (χ2v) is 5.75. The van der Waals surface area contributed by atoms with Crippen LogP contribution < -0.4 is 10.5 Å². The largest absolute Gasteiger partial charge is 0.482 e. The van der Waals surface area contributed by atoms with Crippen LogP contribution in [0, 0.1) is 25.1 Å². The monoisotopic (exact) mass is 371 g/mol. The van der Waals surface area contributed by atoms with Gasteiger partial charge in [0, 0.05) is 24.4 Å². The number of hydrogen-bond acceptors (Lipinski definition) is 4. The lowest BCUT2D eigenvalue weighted by molar-refractivity contribution is 0.0807. The van der Waals surface area contributed by atoms with Crippen molar-refractivity contribution < 1.29 is 13.9 Å². The van der Waals surface area contributed by atoms with E-state index < -0.39 is 11.9 Å². The first kappa shape index (κ1) is 22.0. The molecule has 0 saturated carbocycles. The summed E-state index contributed by atoms with van der Waals surface area (Å²) in [6.07, 6.45) is 6.26. The maximum Gasteiger partial charge on any atom is 0.254 e. The number of hydrogen-bond donors (Lipinski definition) is 1. The summed E-state index contributed by atoms with van der Waals surface area (Å²) < 4.78 is 19.6. The molecule has 1 heterocycles. The van der Waals surface area contributed by atoms with E-state index in [1.165, 1.54) is 23.1 Å². The fraction of sp³-hybridized carbons (Fsp3) is 0.333. The second-order valence-electron chi connectivity index (χ2n) is 5.75. The van der Waals surface area contributed by atoms with E-state index in [9.17, 15) is 9.18 Å². The number of halogens is 1. The van der Waals surface area contributed by atoms with Crippen molar-refractivity contribution in [3.05, 3.63) is 53.0 Å². The highest BCUT2D eigenvalue weighted by atomic mass is 19.1. The lowest BCUT2D eigenvalue weighted by Crippen LogP contribution is -2.28. The lowest BCUT2D eigenvalue weighted by atomic mass is 10.0. The third-order valence-electron chi connectivity index (χ3n) is 3.68. The topological polar surface area (TPSA) is 68.5 Å². The number of carbonyl (C=O) groups excluding carboxylic acids is 1. The van der Waals surface area contributed by atoms with Crippen LogP contribution in [0.1, 0.15) is 48.4 Å². The van der Waals surface area contributed by atoms with Gasteiger partial charge in [0.15, 0.2) is 11.6 Å². The van der Waals surface area contributed by atoms with E-state index >= 15 is 0 Å². The first-order valence-electron chi connectivity index (χ1n) is 8.70. The predicted molar refractivity (Wildman–Crippen MR) is 106 cm³/mol. The average molecular weight is 371 g/mol. The molecule has 2 rings (SSSR count). The van der Waals surface area contributed by atoms with Crippen LogP contribution in [0.4, 0.5) is 10.2 Å². The molecule has 0 aliphatic rings. The minimum absolute atomic E-state index is 0.152. The fourth-order valence-electron chi connectivity index (χ4n) is 2.38. The molecule has 1 aromatic heterocycles. The SMILES string of the molecule is C#CCN(C)C(=O)c1ccc(F)cc1C(C)Oc1cc(C)cnc1N.CC. The Kier molecular flexibility index (Phi) is 8.28. The maximum absolute atomic E-state index is 13.8. The van der Waals surface area contributed by atoms with Gasteiger partial charge in [-0.15, -0.1) is 6.42 Å². The summed E-state index contributed by atoms with van der Waals surface area (Å²) in [5.74, 6) is 2.25. The molecule has 0 saturated heterocycles. The number of rotatable bonds is 5. The Labute approximate surface area is 160 Å². The average Bonchev–Trinajstić information content (AvgIpc) is 2.66. The van der Waals surface area contributed by atoms with Gasteiger partial charge < -0.3 is 15.4 Å². The fourth-order valence-corrected chi connectivity index (χ4v) is 2.38. The number of ether oxygens (including phenoxy) is 1. The zero-order chi connectivity index (χ0) is 20.6. The van der Waals surface area contributed by atoms with Crippen molar-refractivity contribution in [1.82, 2.24) is 9.88 Å². The van der Waals surface area contributed by atoms with Gasteiger partial charge in [0.25, 0.3) is 5.91 Å². The van der Waals surface area contributed by atoms with Gasteiger partial charge in [-0.3, -0.25) is 4.79 Å². The Bertz CT molecular complexity index is 831. The Morgan fingerprint density at radius 2 is 2.07 bits per heavy atom. The standard InChI is InChI=1S/C19H20FN3O2.C2H6/c1-5-8-23(4)19(24)15-7-6-14(20)10-16(15)13(3)25-17-9-12(2)11-22-18(17)21;1-2/h1,6-7,9-11,13H,8H2,2-4H3,(H2,21,22);1-2H3. The number of nitrogens with zero attached hydrogens (tertiary/aromatic N) is 2. The summed E-state index contributed by atoms with van der Waals surface area (Å²) in [6, 6.07) is 5.68. The van der Waals surface area contributed by atoms with Crippen molar-refractivity contribution in [3.63, 3.8) is 0 Å². The van der Waals surface area contributed by atoms with E-state index in [-0.39, 0.29) is 18.3 Å². The van der Waals surface area contributed by atoms with Crippen LogP contribution in [-0.2, 0) is 0 Å². The Balaban J connectivity index is 0.00000176. The first-order chi connectivity index (χ1) is 12.8. The summed E-state index contributed by atoms with van der Waals surface area (Å²) >= 11 is 0. The Morgan fingerprint density at radius 1 is 1.41 bits per heavy atom. The zero-order valence-corrected chi connectivity index (χ0v) is 16.4. The lowest BCUT2D eigenvalue weighted by Gasteiger charge is -2.21. The molecule has 2 N–H and O–H groups in total. The molecule has 6 heteroatoms. The van der Waals surface area contributed by atoms with Crippen LogP contribution in [-0.4, -0.2) is 29.4 Å². The van der Waals surface area contributed by atoms with E-state index in [1.807, 2.05) is 20.8 Å². The van der Waals surface area contributed by atoms with Crippen LogP contribution in [0.5, 0.6) is 5.75 Å². The number of pyridine rings is 1. The van der Waals surface area contributed by atoms with E-state index in [4.69, 9.17) is 16.9 Å². The van der Waals surface area contributed by atoms with Crippen molar-refractivity contribution >= 4 is 11.7 Å². The number of amides is 1. The summed E-state index contributed by atoms with van der Waals surface area (Å²) in [5, 5.41) is 0. The summed E-state index contributed by atoms with van der Waals surface area (Å²) in [5.41, 5.74) is 7.44. The number of carbonyl (C=O) groups is 1. The number of nitrogen functional groups attached to an aromatic ring is 1. The maximum atomic E-state index is 13.8. The number of benzene rings is 1. The second kappa shape index (κ2) is 10.2. The van der Waals surface area contributed by atoms with Gasteiger partial charge in [-0.2, -0.15) is 0 Å². The van der Waals surface area contributed by atoms with E-state index in [0.29, 0.717) is 16.9 Å². The predicted octanol–water partition coefficient (Wildman–Crippen LogP) is 3.98. The van der Waals surface area contributed by atoms with Crippen LogP contribution in [0.25, 0.3) is 0 Å². The third kappa shape index (κ3) is 5.71. The van der Waals surface area contributed by atoms with E-state index in [1.54, 1.807) is 26.2 Å². The quantitative estimate of drug-likeness (QED) is 0.807. The molecule has 0 bridgehead atoms. The molecule has 1 unspecified atom stereocenters. The van der Waals surface area contributed by atoms with Crippen molar-refractivity contribution in [2.75, 3.05) is 19.3 Å². The molecular weight excluding hydrogens is 345 g/mol. The highest BCUT2D eigenvalue weighted by Crippen LogP contribution is 2.29. The van der Waals surface area contributed by atoms with E-state index in [0.717, 1.165) is 5.56 Å². The van der Waals surface area contributed by atoms with Gasteiger partial charge in [-0.05, 0) is 43.7 Å². The molecule has 2 aromatic rings. The molecule has 0 aliphatic heterocycles. The molecule has 1 amide bonds. The number of aryl methyl sites for hydroxylation is 1. The Morgan fingerprint density at radius 3 is 2.70 bits per heavy atom. The minimum Gasteiger partial charge on any atom is -0.482 e. The first-order valence-corrected chi connectivity index (χ1v) is 8.70. The number of aromatic nitrogens is 1. The van der Waals surface area contributed by atoms with Crippen molar-refractivity contribution in [2.24, 2.45) is 0 Å². The molecule has 0 radical (unpaired) electrons. The van der Waals surface area contributed by atoms with Gasteiger partial charge in [0.05, 0.1) is 6.54 Å². The van der Waals surface area contributed by atoms with Gasteiger partial charge >= 0.3 is 0 Å². The molecule has 1 atom stereocenters. The van der Waals surface area contributed by atoms with Crippen LogP contribution in [0.2, 0.25) is 0 Å². The highest BCUT2D eigenvalue weighted by Gasteiger charge is 2.21. The molecule has 0 fully saturated rings. The molecule has 5 nitrogen and oxygen atoms in total. The molecule has 1 aromatic carbocycles. The zero-order valence-electron chi connectivity index (χ0n) is 16.4. The van der Waals surface area contributed by atoms with Crippen molar-refractivity contribution in [3.8, 4) is 18.1 Å². The van der Waals surface area contributed by atoms with Crippen LogP contribution in [0.15, 0.2) is 30.5 Å². The normalized spacial score (nSPS) is 10.9.